The second-order valence-corrected chi connectivity index (χ2v) is 4.97. The third-order valence-electron chi connectivity index (χ3n) is 2.25. The van der Waals surface area contributed by atoms with E-state index >= 15 is 0 Å². The number of amides is 1. The highest BCUT2D eigenvalue weighted by atomic mass is 32.1. The molecule has 3 heteroatoms. The van der Waals surface area contributed by atoms with Crippen LogP contribution in [0.4, 0.5) is 0 Å². The summed E-state index contributed by atoms with van der Waals surface area (Å²) in [6.07, 6.45) is 0.928. The minimum atomic E-state index is -0.203. The number of nitrogens with one attached hydrogen (secondary N) is 1. The van der Waals surface area contributed by atoms with Gasteiger partial charge >= 0.3 is 0 Å². The van der Waals surface area contributed by atoms with Crippen LogP contribution in [0.5, 0.6) is 0 Å². The number of hydrogen-bond donors (Lipinski definition) is 2. The summed E-state index contributed by atoms with van der Waals surface area (Å²) >= 11 is 4.26. The summed E-state index contributed by atoms with van der Waals surface area (Å²) in [6, 6.07) is 0. The molecule has 0 aliphatic heterocycles. The lowest BCUT2D eigenvalue weighted by Gasteiger charge is -2.27. The van der Waals surface area contributed by atoms with Crippen LogP contribution < -0.4 is 5.32 Å². The van der Waals surface area contributed by atoms with Crippen molar-refractivity contribution in [2.45, 2.75) is 51.8 Å². The van der Waals surface area contributed by atoms with Gasteiger partial charge in [0.15, 0.2) is 0 Å². The highest BCUT2D eigenvalue weighted by molar-refractivity contribution is 7.81. The van der Waals surface area contributed by atoms with Crippen molar-refractivity contribution in [3.63, 3.8) is 0 Å². The predicted octanol–water partition coefficient (Wildman–Crippen LogP) is 2.25. The first-order valence-electron chi connectivity index (χ1n) is 4.80. The highest BCUT2D eigenvalue weighted by Crippen LogP contribution is 2.13. The standard InChI is InChI=1S/C10H21NOS/c1-6-10(4,5)11-9(12)8(13)7(2)3/h7-8,13H,6H2,1-5H3,(H,11,12). The Morgan fingerprint density at radius 2 is 1.92 bits per heavy atom. The van der Waals surface area contributed by atoms with Gasteiger partial charge in [-0.05, 0) is 26.2 Å². The fraction of sp³-hybridized carbons (Fsp3) is 0.900. The van der Waals surface area contributed by atoms with E-state index in [1.54, 1.807) is 0 Å². The largest absolute Gasteiger partial charge is 0.350 e. The fourth-order valence-corrected chi connectivity index (χ4v) is 0.863. The Balaban J connectivity index is 4.15. The van der Waals surface area contributed by atoms with E-state index in [0.29, 0.717) is 0 Å². The van der Waals surface area contributed by atoms with Crippen molar-refractivity contribution in [2.24, 2.45) is 5.92 Å². The van der Waals surface area contributed by atoms with E-state index in [2.05, 4.69) is 24.9 Å². The number of carbonyl (C=O) groups excluding carboxylic acids is 1. The SMILES string of the molecule is CCC(C)(C)NC(=O)C(S)C(C)C. The molecule has 2 nitrogen and oxygen atoms in total. The number of thiol groups is 1. The minimum absolute atomic E-state index is 0.0326. The summed E-state index contributed by atoms with van der Waals surface area (Å²) in [6.45, 7) is 10.1. The molecule has 0 spiro atoms. The van der Waals surface area contributed by atoms with Gasteiger partial charge in [0.05, 0.1) is 5.25 Å². The molecule has 0 radical (unpaired) electrons. The normalized spacial score (nSPS) is 14.4. The van der Waals surface area contributed by atoms with Gasteiger partial charge < -0.3 is 5.32 Å². The zero-order valence-corrected chi connectivity index (χ0v) is 10.1. The van der Waals surface area contributed by atoms with Crippen molar-refractivity contribution in [1.29, 1.82) is 0 Å². The maximum Gasteiger partial charge on any atom is 0.233 e. The van der Waals surface area contributed by atoms with Gasteiger partial charge in [0.25, 0.3) is 0 Å². The molecular formula is C10H21NOS. The third-order valence-corrected chi connectivity index (χ3v) is 3.08. The van der Waals surface area contributed by atoms with Gasteiger partial charge in [-0.2, -0.15) is 12.6 Å². The van der Waals surface area contributed by atoms with Crippen LogP contribution in [-0.4, -0.2) is 16.7 Å². The molecule has 0 saturated heterocycles. The maximum atomic E-state index is 11.6. The van der Waals surface area contributed by atoms with Crippen LogP contribution >= 0.6 is 12.6 Å². The molecule has 1 unspecified atom stereocenters. The summed E-state index contributed by atoms with van der Waals surface area (Å²) in [5.41, 5.74) is -0.118. The number of carbonyl (C=O) groups is 1. The Bertz CT molecular complexity index is 178. The molecule has 1 amide bonds. The van der Waals surface area contributed by atoms with Crippen LogP contribution in [0.15, 0.2) is 0 Å². The smallest absolute Gasteiger partial charge is 0.233 e. The van der Waals surface area contributed by atoms with Crippen molar-refractivity contribution >= 4 is 18.5 Å². The van der Waals surface area contributed by atoms with E-state index in [1.165, 1.54) is 0 Å². The van der Waals surface area contributed by atoms with Crippen LogP contribution in [0.2, 0.25) is 0 Å². The molecule has 78 valence electrons. The van der Waals surface area contributed by atoms with Crippen molar-refractivity contribution in [1.82, 2.24) is 5.32 Å². The molecule has 0 fully saturated rings. The van der Waals surface area contributed by atoms with Crippen molar-refractivity contribution in [2.75, 3.05) is 0 Å². The Hall–Kier alpha value is -0.180. The van der Waals surface area contributed by atoms with Gasteiger partial charge in [0.1, 0.15) is 0 Å². The zero-order valence-electron chi connectivity index (χ0n) is 9.22. The van der Waals surface area contributed by atoms with Gasteiger partial charge in [0.2, 0.25) is 5.91 Å². The monoisotopic (exact) mass is 203 g/mol. The molecular weight excluding hydrogens is 182 g/mol. The highest BCUT2D eigenvalue weighted by Gasteiger charge is 2.23. The molecule has 0 aromatic heterocycles. The van der Waals surface area contributed by atoms with E-state index in [0.717, 1.165) is 6.42 Å². The predicted molar refractivity (Wildman–Crippen MR) is 60.1 cm³/mol. The summed E-state index contributed by atoms with van der Waals surface area (Å²) < 4.78 is 0. The van der Waals surface area contributed by atoms with E-state index in [1.807, 2.05) is 27.7 Å². The maximum absolute atomic E-state index is 11.6. The zero-order chi connectivity index (χ0) is 10.6. The second kappa shape index (κ2) is 4.89. The topological polar surface area (TPSA) is 29.1 Å². The van der Waals surface area contributed by atoms with Crippen LogP contribution in [0.3, 0.4) is 0 Å². The third kappa shape index (κ3) is 4.55. The molecule has 0 saturated carbocycles. The molecule has 1 atom stereocenters. The van der Waals surface area contributed by atoms with Crippen LogP contribution in [0, 0.1) is 5.92 Å². The van der Waals surface area contributed by atoms with Crippen LogP contribution in [-0.2, 0) is 4.79 Å². The second-order valence-electron chi connectivity index (χ2n) is 4.42. The molecule has 0 aromatic carbocycles. The minimum Gasteiger partial charge on any atom is -0.350 e. The Morgan fingerprint density at radius 1 is 1.46 bits per heavy atom. The lowest BCUT2D eigenvalue weighted by Crippen LogP contribution is -2.47. The van der Waals surface area contributed by atoms with E-state index in [-0.39, 0.29) is 22.6 Å². The Morgan fingerprint density at radius 3 is 2.23 bits per heavy atom. The average molecular weight is 203 g/mol. The first kappa shape index (κ1) is 12.8. The molecule has 0 aliphatic rings. The van der Waals surface area contributed by atoms with E-state index in [4.69, 9.17) is 0 Å². The summed E-state index contributed by atoms with van der Waals surface area (Å²) in [7, 11) is 0. The van der Waals surface area contributed by atoms with Gasteiger partial charge in [-0.3, -0.25) is 4.79 Å². The molecule has 0 aliphatic carbocycles. The average Bonchev–Trinajstić information content (AvgIpc) is 2.02. The molecule has 13 heavy (non-hydrogen) atoms. The van der Waals surface area contributed by atoms with Gasteiger partial charge in [0, 0.05) is 5.54 Å². The van der Waals surface area contributed by atoms with E-state index < -0.39 is 0 Å². The Kier molecular flexibility index (Phi) is 4.82. The molecule has 1 N–H and O–H groups in total. The Labute approximate surface area is 86.9 Å². The fourth-order valence-electron chi connectivity index (χ4n) is 0.799. The van der Waals surface area contributed by atoms with Crippen molar-refractivity contribution in [3.05, 3.63) is 0 Å². The lowest BCUT2D eigenvalue weighted by molar-refractivity contribution is -0.122. The van der Waals surface area contributed by atoms with Crippen LogP contribution in [0.1, 0.15) is 41.0 Å². The molecule has 0 rings (SSSR count). The lowest BCUT2D eigenvalue weighted by atomic mass is 10.0. The molecule has 0 heterocycles. The van der Waals surface area contributed by atoms with Gasteiger partial charge in [-0.1, -0.05) is 20.8 Å². The molecule has 0 aromatic rings. The first-order valence-corrected chi connectivity index (χ1v) is 5.32. The van der Waals surface area contributed by atoms with Crippen LogP contribution in [0.25, 0.3) is 0 Å². The first-order chi connectivity index (χ1) is 5.80. The van der Waals surface area contributed by atoms with Gasteiger partial charge in [-0.15, -0.1) is 0 Å². The quantitative estimate of drug-likeness (QED) is 0.674. The summed E-state index contributed by atoms with van der Waals surface area (Å²) in [5, 5.41) is 2.77. The molecule has 0 bridgehead atoms. The number of rotatable bonds is 4. The van der Waals surface area contributed by atoms with Gasteiger partial charge in [-0.25, -0.2) is 0 Å². The summed E-state index contributed by atoms with van der Waals surface area (Å²) in [5.74, 6) is 0.307. The number of hydrogen-bond acceptors (Lipinski definition) is 2. The summed E-state index contributed by atoms with van der Waals surface area (Å²) in [4.78, 5) is 11.6. The van der Waals surface area contributed by atoms with Crippen molar-refractivity contribution in [3.8, 4) is 0 Å². The van der Waals surface area contributed by atoms with Crippen molar-refractivity contribution < 1.29 is 4.79 Å². The van der Waals surface area contributed by atoms with E-state index in [9.17, 15) is 4.79 Å².